The SMILES string of the molecule is C=CCCC(NC(=O)OCC1c2ccccc2-c2ccccc21)C(=O)NC1CC(CC(=O)O)C1. The van der Waals surface area contributed by atoms with E-state index in [2.05, 4.69) is 41.5 Å². The molecule has 7 nitrogen and oxygen atoms in total. The summed E-state index contributed by atoms with van der Waals surface area (Å²) in [5.41, 5.74) is 4.55. The van der Waals surface area contributed by atoms with Crippen LogP contribution in [0.1, 0.15) is 49.1 Å². The van der Waals surface area contributed by atoms with E-state index in [0.717, 1.165) is 22.3 Å². The number of hydrogen-bond acceptors (Lipinski definition) is 4. The van der Waals surface area contributed by atoms with Gasteiger partial charge in [-0.15, -0.1) is 6.58 Å². The van der Waals surface area contributed by atoms with E-state index in [0.29, 0.717) is 25.7 Å². The van der Waals surface area contributed by atoms with Gasteiger partial charge in [0.15, 0.2) is 0 Å². The van der Waals surface area contributed by atoms with Crippen molar-refractivity contribution in [3.63, 3.8) is 0 Å². The van der Waals surface area contributed by atoms with Crippen LogP contribution in [0.25, 0.3) is 11.1 Å². The molecular weight excluding hydrogens is 432 g/mol. The van der Waals surface area contributed by atoms with Crippen LogP contribution in [-0.4, -0.2) is 41.8 Å². The largest absolute Gasteiger partial charge is 0.481 e. The molecule has 4 rings (SSSR count). The lowest BCUT2D eigenvalue weighted by molar-refractivity contribution is -0.139. The Labute approximate surface area is 199 Å². The number of fused-ring (bicyclic) bond motifs is 3. The van der Waals surface area contributed by atoms with E-state index in [1.54, 1.807) is 6.08 Å². The van der Waals surface area contributed by atoms with E-state index in [-0.39, 0.29) is 36.8 Å². The zero-order valence-corrected chi connectivity index (χ0v) is 19.0. The predicted octanol–water partition coefficient (Wildman–Crippen LogP) is 4.23. The highest BCUT2D eigenvalue weighted by Gasteiger charge is 2.34. The third kappa shape index (κ3) is 5.30. The Morgan fingerprint density at radius 3 is 2.26 bits per heavy atom. The number of ether oxygens (including phenoxy) is 1. The number of aliphatic carboxylic acids is 1. The number of carbonyl (C=O) groups excluding carboxylic acids is 2. The molecule has 0 bridgehead atoms. The number of rotatable bonds is 10. The van der Waals surface area contributed by atoms with Crippen LogP contribution in [0.2, 0.25) is 0 Å². The van der Waals surface area contributed by atoms with Gasteiger partial charge in [-0.25, -0.2) is 4.79 Å². The Morgan fingerprint density at radius 2 is 1.68 bits per heavy atom. The average Bonchev–Trinajstić information content (AvgIpc) is 3.12. The van der Waals surface area contributed by atoms with Crippen LogP contribution < -0.4 is 10.6 Å². The Morgan fingerprint density at radius 1 is 1.06 bits per heavy atom. The van der Waals surface area contributed by atoms with Gasteiger partial charge in [-0.3, -0.25) is 9.59 Å². The molecule has 2 aromatic carbocycles. The van der Waals surface area contributed by atoms with Gasteiger partial charge in [0.1, 0.15) is 12.6 Å². The first kappa shape index (κ1) is 23.5. The minimum atomic E-state index is -0.824. The second-order valence-electron chi connectivity index (χ2n) is 9.03. The first-order valence-corrected chi connectivity index (χ1v) is 11.7. The first-order chi connectivity index (χ1) is 16.5. The first-order valence-electron chi connectivity index (χ1n) is 11.7. The molecule has 7 heteroatoms. The summed E-state index contributed by atoms with van der Waals surface area (Å²) in [6, 6.07) is 15.4. The summed E-state index contributed by atoms with van der Waals surface area (Å²) in [5, 5.41) is 14.5. The fourth-order valence-electron chi connectivity index (χ4n) is 4.90. The average molecular weight is 463 g/mol. The molecule has 0 aromatic heterocycles. The van der Waals surface area contributed by atoms with Crippen molar-refractivity contribution in [2.75, 3.05) is 6.61 Å². The number of carboxylic acid groups (broad SMARTS) is 1. The summed E-state index contributed by atoms with van der Waals surface area (Å²) in [4.78, 5) is 36.2. The van der Waals surface area contributed by atoms with E-state index in [4.69, 9.17) is 9.84 Å². The van der Waals surface area contributed by atoms with Gasteiger partial charge in [-0.1, -0.05) is 54.6 Å². The number of allylic oxidation sites excluding steroid dienone is 1. The molecule has 1 saturated carbocycles. The number of amides is 2. The maximum Gasteiger partial charge on any atom is 0.407 e. The van der Waals surface area contributed by atoms with Crippen LogP contribution in [0.15, 0.2) is 61.2 Å². The topological polar surface area (TPSA) is 105 Å². The van der Waals surface area contributed by atoms with Crippen LogP contribution in [0.4, 0.5) is 4.79 Å². The molecule has 2 amide bonds. The second-order valence-corrected chi connectivity index (χ2v) is 9.03. The quantitative estimate of drug-likeness (QED) is 0.459. The molecule has 3 N–H and O–H groups in total. The smallest absolute Gasteiger partial charge is 0.407 e. The molecule has 0 spiro atoms. The van der Waals surface area contributed by atoms with Crippen molar-refractivity contribution in [3.05, 3.63) is 72.3 Å². The summed E-state index contributed by atoms with van der Waals surface area (Å²) in [6.07, 6.45) is 3.42. The van der Waals surface area contributed by atoms with Gasteiger partial charge >= 0.3 is 12.1 Å². The van der Waals surface area contributed by atoms with Gasteiger partial charge in [0.2, 0.25) is 5.91 Å². The van der Waals surface area contributed by atoms with Crippen molar-refractivity contribution in [1.82, 2.24) is 10.6 Å². The highest BCUT2D eigenvalue weighted by atomic mass is 16.5. The van der Waals surface area contributed by atoms with Crippen molar-refractivity contribution >= 4 is 18.0 Å². The van der Waals surface area contributed by atoms with Crippen LogP contribution >= 0.6 is 0 Å². The van der Waals surface area contributed by atoms with E-state index in [1.165, 1.54) is 0 Å². The molecule has 2 aromatic rings. The van der Waals surface area contributed by atoms with Crippen LogP contribution in [0, 0.1) is 5.92 Å². The second kappa shape index (κ2) is 10.5. The van der Waals surface area contributed by atoms with Crippen molar-refractivity contribution < 1.29 is 24.2 Å². The highest BCUT2D eigenvalue weighted by molar-refractivity contribution is 5.86. The van der Waals surface area contributed by atoms with Gasteiger partial charge in [0.05, 0.1) is 0 Å². The molecule has 1 fully saturated rings. The molecule has 1 unspecified atom stereocenters. The molecule has 178 valence electrons. The van der Waals surface area contributed by atoms with Crippen LogP contribution in [0.3, 0.4) is 0 Å². The summed E-state index contributed by atoms with van der Waals surface area (Å²) in [6.45, 7) is 3.87. The van der Waals surface area contributed by atoms with Crippen LogP contribution in [0.5, 0.6) is 0 Å². The van der Waals surface area contributed by atoms with Crippen molar-refractivity contribution in [2.24, 2.45) is 5.92 Å². The monoisotopic (exact) mass is 462 g/mol. The zero-order chi connectivity index (χ0) is 24.1. The van der Waals surface area contributed by atoms with E-state index in [9.17, 15) is 14.4 Å². The molecule has 34 heavy (non-hydrogen) atoms. The summed E-state index contributed by atoms with van der Waals surface area (Å²) >= 11 is 0. The maximum absolute atomic E-state index is 12.8. The molecule has 0 aliphatic heterocycles. The third-order valence-corrected chi connectivity index (χ3v) is 6.66. The van der Waals surface area contributed by atoms with Crippen LogP contribution in [-0.2, 0) is 14.3 Å². The molecular formula is C27H30N2O5. The lowest BCUT2D eigenvalue weighted by atomic mass is 9.78. The minimum Gasteiger partial charge on any atom is -0.481 e. The molecule has 0 saturated heterocycles. The summed E-state index contributed by atoms with van der Waals surface area (Å²) < 4.78 is 5.59. The van der Waals surface area contributed by atoms with Gasteiger partial charge in [-0.2, -0.15) is 0 Å². The van der Waals surface area contributed by atoms with E-state index in [1.807, 2.05) is 24.3 Å². The highest BCUT2D eigenvalue weighted by Crippen LogP contribution is 2.44. The predicted molar refractivity (Wildman–Crippen MR) is 128 cm³/mol. The van der Waals surface area contributed by atoms with Crippen molar-refractivity contribution in [2.45, 2.75) is 50.1 Å². The number of hydrogen-bond donors (Lipinski definition) is 3. The molecule has 0 heterocycles. The van der Waals surface area contributed by atoms with Gasteiger partial charge in [0, 0.05) is 18.4 Å². The third-order valence-electron chi connectivity index (χ3n) is 6.66. The van der Waals surface area contributed by atoms with Crippen molar-refractivity contribution in [3.8, 4) is 11.1 Å². The van der Waals surface area contributed by atoms with Gasteiger partial charge in [0.25, 0.3) is 0 Å². The number of benzene rings is 2. The van der Waals surface area contributed by atoms with E-state index >= 15 is 0 Å². The molecule has 2 aliphatic carbocycles. The van der Waals surface area contributed by atoms with Gasteiger partial charge in [-0.05, 0) is 53.9 Å². The summed E-state index contributed by atoms with van der Waals surface area (Å²) in [5.74, 6) is -1.08. The molecule has 0 radical (unpaired) electrons. The number of carbonyl (C=O) groups is 3. The van der Waals surface area contributed by atoms with Crippen molar-refractivity contribution in [1.29, 1.82) is 0 Å². The number of alkyl carbamates (subject to hydrolysis) is 1. The fraction of sp³-hybridized carbons (Fsp3) is 0.370. The Kier molecular flexibility index (Phi) is 7.30. The minimum absolute atomic E-state index is 0.0558. The molecule has 2 aliphatic rings. The Bertz CT molecular complexity index is 1030. The zero-order valence-electron chi connectivity index (χ0n) is 19.0. The molecule has 1 atom stereocenters. The Balaban J connectivity index is 1.33. The lowest BCUT2D eigenvalue weighted by Crippen LogP contribution is -2.53. The standard InChI is InChI=1S/C27H30N2O5/c1-2-3-12-24(26(32)28-18-13-17(14-18)15-25(30)31)29-27(33)34-16-23-21-10-6-4-8-19(21)20-9-5-7-11-22(20)23/h2,4-11,17-18,23-24H,1,3,12-16H2,(H,28,32)(H,29,33)(H,30,31). The number of nitrogens with one attached hydrogen (secondary N) is 2. The lowest BCUT2D eigenvalue weighted by Gasteiger charge is -2.35. The normalized spacial score (nSPS) is 19.2. The summed E-state index contributed by atoms with van der Waals surface area (Å²) in [7, 11) is 0. The fourth-order valence-corrected chi connectivity index (χ4v) is 4.90. The number of carboxylic acids is 1. The maximum atomic E-state index is 12.8. The Hall–Kier alpha value is -3.61. The van der Waals surface area contributed by atoms with E-state index < -0.39 is 18.1 Å². The van der Waals surface area contributed by atoms with Gasteiger partial charge < -0.3 is 20.5 Å².